The first kappa shape index (κ1) is 11.9. The van der Waals surface area contributed by atoms with E-state index in [-0.39, 0.29) is 0 Å². The van der Waals surface area contributed by atoms with Crippen molar-refractivity contribution in [3.63, 3.8) is 0 Å². The van der Waals surface area contributed by atoms with E-state index < -0.39 is 0 Å². The molecule has 1 aromatic carbocycles. The van der Waals surface area contributed by atoms with Gasteiger partial charge in [0.25, 0.3) is 0 Å². The predicted octanol–water partition coefficient (Wildman–Crippen LogP) is 4.93. The summed E-state index contributed by atoms with van der Waals surface area (Å²) in [5.41, 5.74) is 5.59. The van der Waals surface area contributed by atoms with Crippen molar-refractivity contribution in [2.24, 2.45) is 0 Å². The Bertz CT molecular complexity index is 455. The van der Waals surface area contributed by atoms with Gasteiger partial charge in [-0.3, -0.25) is 0 Å². The Morgan fingerprint density at radius 1 is 1.00 bits per heavy atom. The van der Waals surface area contributed by atoms with Crippen molar-refractivity contribution >= 4 is 6.08 Å². The van der Waals surface area contributed by atoms with Crippen molar-refractivity contribution in [3.05, 3.63) is 64.8 Å². The zero-order chi connectivity index (χ0) is 12.1. The molecule has 0 N–H and O–H groups in total. The molecule has 0 unspecified atom stereocenters. The van der Waals surface area contributed by atoms with Gasteiger partial charge in [-0.1, -0.05) is 61.1 Å². The molecule has 0 fully saturated rings. The molecule has 0 atom stereocenters. The Hall–Kier alpha value is -1.56. The highest BCUT2D eigenvalue weighted by molar-refractivity contribution is 5.54. The molecular formula is C17H20. The van der Waals surface area contributed by atoms with E-state index in [1.165, 1.54) is 35.1 Å². The number of rotatable bonds is 3. The molecule has 0 aliphatic heterocycles. The summed E-state index contributed by atoms with van der Waals surface area (Å²) >= 11 is 0. The summed E-state index contributed by atoms with van der Waals surface area (Å²) in [7, 11) is 0. The molecule has 0 spiro atoms. The van der Waals surface area contributed by atoms with Crippen LogP contribution in [0.1, 0.15) is 37.8 Å². The Labute approximate surface area is 104 Å². The first-order valence-electron chi connectivity index (χ1n) is 6.41. The number of allylic oxidation sites excluding steroid dienone is 5. The third-order valence-corrected chi connectivity index (χ3v) is 3.27. The molecule has 0 heteroatoms. The molecule has 0 heterocycles. The van der Waals surface area contributed by atoms with Gasteiger partial charge in [0.15, 0.2) is 0 Å². The average Bonchev–Trinajstić information content (AvgIpc) is 2.39. The van der Waals surface area contributed by atoms with Crippen LogP contribution in [0, 0.1) is 0 Å². The Morgan fingerprint density at radius 3 is 2.35 bits per heavy atom. The Balaban J connectivity index is 2.05. The van der Waals surface area contributed by atoms with Crippen molar-refractivity contribution in [1.82, 2.24) is 0 Å². The van der Waals surface area contributed by atoms with Crippen LogP contribution in [0.25, 0.3) is 6.08 Å². The summed E-state index contributed by atoms with van der Waals surface area (Å²) in [5.74, 6) is 0. The van der Waals surface area contributed by atoms with Gasteiger partial charge in [-0.2, -0.15) is 0 Å². The molecular weight excluding hydrogens is 204 g/mol. The van der Waals surface area contributed by atoms with Crippen molar-refractivity contribution in [2.75, 3.05) is 0 Å². The summed E-state index contributed by atoms with van der Waals surface area (Å²) in [6, 6.07) is 8.80. The molecule has 0 nitrogen and oxygen atoms in total. The van der Waals surface area contributed by atoms with E-state index in [9.17, 15) is 0 Å². The van der Waals surface area contributed by atoms with Crippen LogP contribution < -0.4 is 0 Å². The van der Waals surface area contributed by atoms with E-state index in [4.69, 9.17) is 0 Å². The molecule has 2 rings (SSSR count). The Kier molecular flexibility index (Phi) is 3.98. The average molecular weight is 224 g/mol. The van der Waals surface area contributed by atoms with E-state index >= 15 is 0 Å². The lowest BCUT2D eigenvalue weighted by Gasteiger charge is -2.07. The first-order chi connectivity index (χ1) is 8.28. The fourth-order valence-electron chi connectivity index (χ4n) is 1.96. The highest BCUT2D eigenvalue weighted by atomic mass is 14.0. The molecule has 0 saturated heterocycles. The van der Waals surface area contributed by atoms with Crippen molar-refractivity contribution in [1.29, 1.82) is 0 Å². The summed E-state index contributed by atoms with van der Waals surface area (Å²) < 4.78 is 0. The predicted molar refractivity (Wildman–Crippen MR) is 75.9 cm³/mol. The van der Waals surface area contributed by atoms with Crippen LogP contribution in [0.2, 0.25) is 0 Å². The first-order valence-corrected chi connectivity index (χ1v) is 6.41. The molecule has 1 aliphatic rings. The molecule has 1 aromatic rings. The van der Waals surface area contributed by atoms with E-state index in [0.29, 0.717) is 0 Å². The lowest BCUT2D eigenvalue weighted by atomic mass is 9.98. The standard InChI is InChI=1S/C17H20/c1-3-15-8-10-17(11-9-15)13-12-16-6-4-14(2)5-7-16/h4,6,8-13H,3,5,7H2,1-2H3/b13-12+. The van der Waals surface area contributed by atoms with Gasteiger partial charge in [0.2, 0.25) is 0 Å². The zero-order valence-corrected chi connectivity index (χ0v) is 10.7. The lowest BCUT2D eigenvalue weighted by molar-refractivity contribution is 0.928. The van der Waals surface area contributed by atoms with Crippen LogP contribution in [0.3, 0.4) is 0 Å². The van der Waals surface area contributed by atoms with Gasteiger partial charge in [0, 0.05) is 0 Å². The monoisotopic (exact) mass is 224 g/mol. The third-order valence-electron chi connectivity index (χ3n) is 3.27. The molecule has 0 bridgehead atoms. The molecule has 1 aliphatic carbocycles. The van der Waals surface area contributed by atoms with Gasteiger partial charge in [-0.15, -0.1) is 0 Å². The van der Waals surface area contributed by atoms with Gasteiger partial charge in [0.1, 0.15) is 0 Å². The normalized spacial score (nSPS) is 15.9. The maximum absolute atomic E-state index is 2.24. The van der Waals surface area contributed by atoms with Crippen LogP contribution in [0.5, 0.6) is 0 Å². The fraction of sp³-hybridized carbons (Fsp3) is 0.294. The van der Waals surface area contributed by atoms with Crippen LogP contribution in [-0.2, 0) is 6.42 Å². The Morgan fingerprint density at radius 2 is 1.76 bits per heavy atom. The van der Waals surface area contributed by atoms with E-state index in [0.717, 1.165) is 6.42 Å². The fourth-order valence-corrected chi connectivity index (χ4v) is 1.96. The van der Waals surface area contributed by atoms with Crippen molar-refractivity contribution < 1.29 is 0 Å². The van der Waals surface area contributed by atoms with Crippen LogP contribution in [0.4, 0.5) is 0 Å². The van der Waals surface area contributed by atoms with E-state index in [1.807, 2.05) is 0 Å². The van der Waals surface area contributed by atoms with Gasteiger partial charge in [-0.25, -0.2) is 0 Å². The van der Waals surface area contributed by atoms with Crippen molar-refractivity contribution in [2.45, 2.75) is 33.1 Å². The second kappa shape index (κ2) is 5.67. The van der Waals surface area contributed by atoms with Gasteiger partial charge in [-0.05, 0) is 42.9 Å². The maximum Gasteiger partial charge on any atom is -0.0241 e. The van der Waals surface area contributed by atoms with Crippen molar-refractivity contribution in [3.8, 4) is 0 Å². The summed E-state index contributed by atoms with van der Waals surface area (Å²) in [5, 5.41) is 0. The van der Waals surface area contributed by atoms with E-state index in [2.05, 4.69) is 62.4 Å². The molecule has 0 amide bonds. The maximum atomic E-state index is 2.24. The minimum absolute atomic E-state index is 1.11. The summed E-state index contributed by atoms with van der Waals surface area (Å²) in [6.07, 6.45) is 12.4. The van der Waals surface area contributed by atoms with E-state index in [1.54, 1.807) is 0 Å². The van der Waals surface area contributed by atoms with Crippen LogP contribution >= 0.6 is 0 Å². The third kappa shape index (κ3) is 3.45. The molecule has 0 radical (unpaired) electrons. The van der Waals surface area contributed by atoms with Gasteiger partial charge < -0.3 is 0 Å². The summed E-state index contributed by atoms with van der Waals surface area (Å²) in [6.45, 7) is 4.38. The number of benzene rings is 1. The van der Waals surface area contributed by atoms with Gasteiger partial charge >= 0.3 is 0 Å². The highest BCUT2D eigenvalue weighted by Crippen LogP contribution is 2.19. The topological polar surface area (TPSA) is 0 Å². The number of hydrogen-bond donors (Lipinski definition) is 0. The minimum Gasteiger partial charge on any atom is -0.0730 e. The molecule has 88 valence electrons. The largest absolute Gasteiger partial charge is 0.0730 e. The number of hydrogen-bond acceptors (Lipinski definition) is 0. The SMILES string of the molecule is CCc1ccc(/C=C/C2=CC=C(C)CC2)cc1. The number of aryl methyl sites for hydroxylation is 1. The molecule has 0 saturated carbocycles. The second-order valence-electron chi connectivity index (χ2n) is 4.68. The highest BCUT2D eigenvalue weighted by Gasteiger charge is 1.99. The van der Waals surface area contributed by atoms with Crippen LogP contribution in [0.15, 0.2) is 53.6 Å². The smallest absolute Gasteiger partial charge is 0.0241 e. The zero-order valence-electron chi connectivity index (χ0n) is 10.7. The van der Waals surface area contributed by atoms with Gasteiger partial charge in [0.05, 0.1) is 0 Å². The van der Waals surface area contributed by atoms with Crippen LogP contribution in [-0.4, -0.2) is 0 Å². The second-order valence-corrected chi connectivity index (χ2v) is 4.68. The quantitative estimate of drug-likeness (QED) is 0.683. The minimum atomic E-state index is 1.11. The lowest BCUT2D eigenvalue weighted by Crippen LogP contribution is -1.87. The molecule has 17 heavy (non-hydrogen) atoms. The summed E-state index contributed by atoms with van der Waals surface area (Å²) in [4.78, 5) is 0. The molecule has 0 aromatic heterocycles.